The van der Waals surface area contributed by atoms with Crippen LogP contribution in [0.1, 0.15) is 26.7 Å². The highest BCUT2D eigenvalue weighted by molar-refractivity contribution is 5.90. The molecular formula is C15H22O5. The van der Waals surface area contributed by atoms with Gasteiger partial charge in [0.15, 0.2) is 0 Å². The SMILES string of the molecule is C=C1C(=O)OC2CC(C)C3C(O)C(O)C(O)C3(C)CC12. The van der Waals surface area contributed by atoms with Gasteiger partial charge in [-0.3, -0.25) is 0 Å². The molecule has 2 saturated carbocycles. The summed E-state index contributed by atoms with van der Waals surface area (Å²) in [5, 5.41) is 30.6. The maximum Gasteiger partial charge on any atom is 0.334 e. The molecule has 0 aromatic carbocycles. The van der Waals surface area contributed by atoms with Gasteiger partial charge in [0, 0.05) is 16.9 Å². The molecule has 3 rings (SSSR count). The monoisotopic (exact) mass is 282 g/mol. The number of hydrogen-bond acceptors (Lipinski definition) is 5. The minimum atomic E-state index is -1.13. The van der Waals surface area contributed by atoms with Gasteiger partial charge in [-0.1, -0.05) is 20.4 Å². The number of rotatable bonds is 0. The topological polar surface area (TPSA) is 87.0 Å². The van der Waals surface area contributed by atoms with Crippen LogP contribution in [0.5, 0.6) is 0 Å². The van der Waals surface area contributed by atoms with Crippen LogP contribution in [-0.2, 0) is 9.53 Å². The number of carbonyl (C=O) groups is 1. The summed E-state index contributed by atoms with van der Waals surface area (Å²) in [6, 6.07) is 0. The molecule has 1 saturated heterocycles. The number of aliphatic hydroxyl groups excluding tert-OH is 3. The molecule has 1 heterocycles. The van der Waals surface area contributed by atoms with Crippen LogP contribution in [0.15, 0.2) is 12.2 Å². The molecule has 20 heavy (non-hydrogen) atoms. The van der Waals surface area contributed by atoms with Gasteiger partial charge >= 0.3 is 5.97 Å². The van der Waals surface area contributed by atoms with E-state index in [0.717, 1.165) is 0 Å². The number of ether oxygens (including phenoxy) is 1. The average Bonchev–Trinajstić information content (AvgIpc) is 2.66. The van der Waals surface area contributed by atoms with Crippen molar-refractivity contribution in [1.82, 2.24) is 0 Å². The number of fused-ring (bicyclic) bond motifs is 2. The minimum Gasteiger partial charge on any atom is -0.458 e. The summed E-state index contributed by atoms with van der Waals surface area (Å²) in [6.07, 6.45) is -2.14. The summed E-state index contributed by atoms with van der Waals surface area (Å²) in [6.45, 7) is 7.68. The number of esters is 1. The Morgan fingerprint density at radius 2 is 1.95 bits per heavy atom. The van der Waals surface area contributed by atoms with Gasteiger partial charge in [0.25, 0.3) is 0 Å². The molecule has 0 aromatic heterocycles. The molecule has 3 aliphatic rings. The first-order valence-corrected chi connectivity index (χ1v) is 7.21. The van der Waals surface area contributed by atoms with Crippen molar-refractivity contribution in [2.24, 2.45) is 23.2 Å². The van der Waals surface area contributed by atoms with Crippen molar-refractivity contribution in [2.45, 2.75) is 51.1 Å². The first kappa shape index (κ1) is 14.0. The van der Waals surface area contributed by atoms with Crippen LogP contribution in [0.3, 0.4) is 0 Å². The molecule has 2 aliphatic carbocycles. The van der Waals surface area contributed by atoms with Gasteiger partial charge in [-0.2, -0.15) is 0 Å². The van der Waals surface area contributed by atoms with Gasteiger partial charge in [0.05, 0.1) is 12.2 Å². The molecule has 3 N–H and O–H groups in total. The number of carbonyl (C=O) groups excluding carboxylic acids is 1. The Bertz CT molecular complexity index is 461. The molecule has 0 bridgehead atoms. The third-order valence-electron chi connectivity index (χ3n) is 5.77. The van der Waals surface area contributed by atoms with Crippen molar-refractivity contribution in [3.8, 4) is 0 Å². The van der Waals surface area contributed by atoms with Crippen LogP contribution in [0.4, 0.5) is 0 Å². The molecule has 5 heteroatoms. The van der Waals surface area contributed by atoms with Gasteiger partial charge in [0.1, 0.15) is 12.2 Å². The fourth-order valence-electron chi connectivity index (χ4n) is 4.74. The first-order chi connectivity index (χ1) is 9.27. The van der Waals surface area contributed by atoms with Crippen molar-refractivity contribution in [2.75, 3.05) is 0 Å². The average molecular weight is 282 g/mol. The van der Waals surface area contributed by atoms with Gasteiger partial charge in [-0.25, -0.2) is 4.79 Å². The normalized spacial score (nSPS) is 55.1. The molecule has 1 aliphatic heterocycles. The van der Waals surface area contributed by atoms with Gasteiger partial charge in [0.2, 0.25) is 0 Å². The predicted octanol–water partition coefficient (Wildman–Crippen LogP) is 0.233. The summed E-state index contributed by atoms with van der Waals surface area (Å²) in [5.41, 5.74) is -0.179. The highest BCUT2D eigenvalue weighted by Crippen LogP contribution is 2.56. The summed E-state index contributed by atoms with van der Waals surface area (Å²) >= 11 is 0. The molecule has 8 unspecified atom stereocenters. The maximum atomic E-state index is 11.7. The summed E-state index contributed by atoms with van der Waals surface area (Å²) in [4.78, 5) is 11.7. The molecule has 8 atom stereocenters. The quantitative estimate of drug-likeness (QED) is 0.437. The van der Waals surface area contributed by atoms with Crippen LogP contribution in [0, 0.1) is 23.2 Å². The highest BCUT2D eigenvalue weighted by Gasteiger charge is 2.62. The second-order valence-corrected chi connectivity index (χ2v) is 6.95. The van der Waals surface area contributed by atoms with E-state index in [1.807, 2.05) is 13.8 Å². The lowest BCUT2D eigenvalue weighted by molar-refractivity contribution is -0.139. The fraction of sp³-hybridized carbons (Fsp3) is 0.800. The van der Waals surface area contributed by atoms with Crippen LogP contribution < -0.4 is 0 Å². The van der Waals surface area contributed by atoms with Crippen LogP contribution in [0.2, 0.25) is 0 Å². The van der Waals surface area contributed by atoms with E-state index in [2.05, 4.69) is 6.58 Å². The van der Waals surface area contributed by atoms with Gasteiger partial charge < -0.3 is 20.1 Å². The Balaban J connectivity index is 2.00. The van der Waals surface area contributed by atoms with E-state index in [9.17, 15) is 20.1 Å². The molecule has 0 amide bonds. The van der Waals surface area contributed by atoms with E-state index in [1.54, 1.807) is 0 Å². The molecule has 112 valence electrons. The Labute approximate surface area is 118 Å². The van der Waals surface area contributed by atoms with E-state index in [4.69, 9.17) is 4.74 Å². The first-order valence-electron chi connectivity index (χ1n) is 7.21. The zero-order valence-electron chi connectivity index (χ0n) is 11.8. The Morgan fingerprint density at radius 3 is 2.60 bits per heavy atom. The van der Waals surface area contributed by atoms with Gasteiger partial charge in [-0.05, 0) is 24.7 Å². The van der Waals surface area contributed by atoms with E-state index in [0.29, 0.717) is 18.4 Å². The molecular weight excluding hydrogens is 260 g/mol. The summed E-state index contributed by atoms with van der Waals surface area (Å²) in [5.74, 6) is -0.643. The van der Waals surface area contributed by atoms with Crippen LogP contribution in [0.25, 0.3) is 0 Å². The Morgan fingerprint density at radius 1 is 1.30 bits per heavy atom. The molecule has 0 aromatic rings. The zero-order chi connectivity index (χ0) is 14.8. The lowest BCUT2D eigenvalue weighted by Gasteiger charge is -2.37. The van der Waals surface area contributed by atoms with E-state index in [1.165, 1.54) is 0 Å². The summed E-state index contributed by atoms with van der Waals surface area (Å²) < 4.78 is 5.37. The van der Waals surface area contributed by atoms with E-state index >= 15 is 0 Å². The molecule has 3 fully saturated rings. The Kier molecular flexibility index (Phi) is 3.01. The number of aliphatic hydroxyl groups is 3. The van der Waals surface area contributed by atoms with Crippen LogP contribution in [-0.4, -0.2) is 45.7 Å². The Hall–Kier alpha value is -0.910. The zero-order valence-corrected chi connectivity index (χ0v) is 11.8. The molecule has 0 spiro atoms. The lowest BCUT2D eigenvalue weighted by Crippen LogP contribution is -2.38. The largest absolute Gasteiger partial charge is 0.458 e. The van der Waals surface area contributed by atoms with Crippen molar-refractivity contribution in [3.05, 3.63) is 12.2 Å². The third kappa shape index (κ3) is 1.63. The second kappa shape index (κ2) is 4.29. The third-order valence-corrected chi connectivity index (χ3v) is 5.77. The molecule has 0 radical (unpaired) electrons. The summed E-state index contributed by atoms with van der Waals surface area (Å²) in [7, 11) is 0. The fourth-order valence-corrected chi connectivity index (χ4v) is 4.74. The van der Waals surface area contributed by atoms with Crippen molar-refractivity contribution >= 4 is 5.97 Å². The predicted molar refractivity (Wildman–Crippen MR) is 70.5 cm³/mol. The molecule has 5 nitrogen and oxygen atoms in total. The maximum absolute atomic E-state index is 11.7. The van der Waals surface area contributed by atoms with Crippen molar-refractivity contribution in [1.29, 1.82) is 0 Å². The smallest absolute Gasteiger partial charge is 0.334 e. The van der Waals surface area contributed by atoms with Gasteiger partial charge in [-0.15, -0.1) is 0 Å². The van der Waals surface area contributed by atoms with Crippen molar-refractivity contribution in [3.63, 3.8) is 0 Å². The van der Waals surface area contributed by atoms with Crippen LogP contribution >= 0.6 is 0 Å². The second-order valence-electron chi connectivity index (χ2n) is 6.95. The van der Waals surface area contributed by atoms with E-state index < -0.39 is 23.7 Å². The standard InChI is InChI=1S/C15H22O5/c1-6-4-9-8(7(2)14(19)20-9)5-15(3)10(6)11(16)12(17)13(15)18/h6,8-13,16-18H,2,4-5H2,1,3H3. The van der Waals surface area contributed by atoms with E-state index in [-0.39, 0.29) is 29.8 Å². The highest BCUT2D eigenvalue weighted by atomic mass is 16.6. The number of hydrogen-bond donors (Lipinski definition) is 3. The lowest BCUT2D eigenvalue weighted by atomic mass is 9.69. The van der Waals surface area contributed by atoms with Crippen molar-refractivity contribution < 1.29 is 24.9 Å². The minimum absolute atomic E-state index is 0.0514.